The van der Waals surface area contributed by atoms with E-state index in [0.29, 0.717) is 12.8 Å². The number of hydrogen-bond donors (Lipinski definition) is 0. The van der Waals surface area contributed by atoms with Gasteiger partial charge < -0.3 is 17.7 Å². The van der Waals surface area contributed by atoms with Gasteiger partial charge in [-0.1, -0.05) is 26.7 Å². The summed E-state index contributed by atoms with van der Waals surface area (Å²) in [6.07, 6.45) is -9.22. The summed E-state index contributed by atoms with van der Waals surface area (Å²) < 4.78 is 95.2. The maximum absolute atomic E-state index is 12.5. The van der Waals surface area contributed by atoms with Crippen LogP contribution >= 0.6 is 0 Å². The molecular formula is C20H34F6O8PtSi2+2. The van der Waals surface area contributed by atoms with Crippen LogP contribution in [0.15, 0.2) is 0 Å². The van der Waals surface area contributed by atoms with Crippen LogP contribution in [0.2, 0.25) is 23.2 Å². The minimum Gasteiger partial charge on any atom is -0.397 e. The Morgan fingerprint density at radius 3 is 0.946 bits per heavy atom. The van der Waals surface area contributed by atoms with Crippen LogP contribution in [0.5, 0.6) is 0 Å². The van der Waals surface area contributed by atoms with E-state index in [1.165, 1.54) is 28.4 Å². The van der Waals surface area contributed by atoms with Gasteiger partial charge in [0.05, 0.1) is 0 Å². The van der Waals surface area contributed by atoms with Crippen molar-refractivity contribution >= 4 is 40.3 Å². The van der Waals surface area contributed by atoms with Crippen LogP contribution in [0.1, 0.15) is 40.5 Å². The molecule has 0 bridgehead atoms. The molecule has 8 nitrogen and oxygen atoms in total. The summed E-state index contributed by atoms with van der Waals surface area (Å²) in [6.45, 7) is 5.33. The Labute approximate surface area is 228 Å². The Balaban J connectivity index is -0.000000608. The fourth-order valence-corrected chi connectivity index (χ4v) is 10.2. The topological polar surface area (TPSA) is 105 Å². The largest absolute Gasteiger partial charge is 2.00 e. The Morgan fingerprint density at radius 1 is 0.622 bits per heavy atom. The van der Waals surface area contributed by atoms with Crippen LogP contribution in [0.4, 0.5) is 26.3 Å². The zero-order valence-corrected chi connectivity index (χ0v) is 26.1. The SMILES string of the molecule is CCC[Si](OC)(OC)C(C(C)=O)C(=O)C(F)(F)F.CCC[Si](OC)(OC)C(C(C)=O)C(=O)C(F)(F)F.[Pt+2]. The van der Waals surface area contributed by atoms with Gasteiger partial charge >= 0.3 is 50.5 Å². The second-order valence-electron chi connectivity index (χ2n) is 7.75. The van der Waals surface area contributed by atoms with Crippen molar-refractivity contribution in [3.05, 3.63) is 0 Å². The molecule has 2 atom stereocenters. The summed E-state index contributed by atoms with van der Waals surface area (Å²) in [7, 11) is -2.37. The van der Waals surface area contributed by atoms with Gasteiger partial charge in [0, 0.05) is 28.4 Å². The molecule has 220 valence electrons. The second-order valence-corrected chi connectivity index (χ2v) is 14.8. The number of halogens is 6. The van der Waals surface area contributed by atoms with Gasteiger partial charge in [-0.3, -0.25) is 19.2 Å². The molecule has 0 fully saturated rings. The zero-order chi connectivity index (χ0) is 29.1. The molecule has 0 aliphatic heterocycles. The van der Waals surface area contributed by atoms with Crippen molar-refractivity contribution in [2.75, 3.05) is 28.4 Å². The summed E-state index contributed by atoms with van der Waals surface area (Å²) in [5, 5.41) is 0. The van der Waals surface area contributed by atoms with Gasteiger partial charge in [-0.05, 0) is 25.9 Å². The molecule has 0 N–H and O–H groups in total. The van der Waals surface area contributed by atoms with E-state index in [1.54, 1.807) is 13.8 Å². The van der Waals surface area contributed by atoms with Gasteiger partial charge in [-0.25, -0.2) is 0 Å². The number of carbonyl (C=O) groups excluding carboxylic acids is 4. The van der Waals surface area contributed by atoms with Crippen molar-refractivity contribution < 1.29 is 84.3 Å². The molecule has 2 unspecified atom stereocenters. The van der Waals surface area contributed by atoms with Crippen molar-refractivity contribution in [3.63, 3.8) is 0 Å². The van der Waals surface area contributed by atoms with Gasteiger partial charge in [0.2, 0.25) is 11.6 Å². The van der Waals surface area contributed by atoms with E-state index >= 15 is 0 Å². The maximum atomic E-state index is 12.5. The van der Waals surface area contributed by atoms with Crippen molar-refractivity contribution in [2.24, 2.45) is 0 Å². The number of ketones is 4. The molecule has 0 spiro atoms. The van der Waals surface area contributed by atoms with Gasteiger partial charge in [-0.15, -0.1) is 0 Å². The van der Waals surface area contributed by atoms with E-state index in [-0.39, 0.29) is 33.2 Å². The molecule has 0 saturated carbocycles. The average Bonchev–Trinajstić information content (AvgIpc) is 2.76. The summed E-state index contributed by atoms with van der Waals surface area (Å²) >= 11 is 0. The number of carbonyl (C=O) groups is 4. The molecule has 0 aliphatic rings. The van der Waals surface area contributed by atoms with Crippen molar-refractivity contribution in [1.29, 1.82) is 0 Å². The van der Waals surface area contributed by atoms with E-state index < -0.39 is 63.7 Å². The molecule has 0 saturated heterocycles. The number of Topliss-reactive ketones (excluding diaryl/α,β-unsaturated/α-hetero) is 4. The third-order valence-corrected chi connectivity index (χ3v) is 13.6. The number of hydrogen-bond acceptors (Lipinski definition) is 8. The first-order chi connectivity index (χ1) is 16.3. The Kier molecular flexibility index (Phi) is 18.7. The monoisotopic (exact) mass is 767 g/mol. The first kappa shape index (κ1) is 40.7. The number of rotatable bonds is 14. The zero-order valence-electron chi connectivity index (χ0n) is 21.8. The fraction of sp³-hybridized carbons (Fsp3) is 0.800. The predicted molar refractivity (Wildman–Crippen MR) is 121 cm³/mol. The first-order valence-corrected chi connectivity index (χ1v) is 15.0. The predicted octanol–water partition coefficient (Wildman–Crippen LogP) is 4.44. The minimum atomic E-state index is -5.07. The molecule has 0 aromatic heterocycles. The molecule has 0 amide bonds. The van der Waals surface area contributed by atoms with Crippen LogP contribution < -0.4 is 0 Å². The molecule has 37 heavy (non-hydrogen) atoms. The molecule has 17 heteroatoms. The quantitative estimate of drug-likeness (QED) is 0.145. The summed E-state index contributed by atoms with van der Waals surface area (Å²) in [5.41, 5.74) is -3.74. The van der Waals surface area contributed by atoms with Crippen LogP contribution in [-0.4, -0.2) is 81.0 Å². The van der Waals surface area contributed by atoms with Gasteiger partial charge in [0.25, 0.3) is 0 Å². The number of alkyl halides is 6. The Bertz CT molecular complexity index is 694. The normalized spacial score (nSPS) is 14.0. The minimum absolute atomic E-state index is 0. The van der Waals surface area contributed by atoms with Gasteiger partial charge in [-0.2, -0.15) is 26.3 Å². The fourth-order valence-electron chi connectivity index (χ4n) is 3.75. The smallest absolute Gasteiger partial charge is 0.397 e. The molecular weight excluding hydrogens is 733 g/mol. The van der Waals surface area contributed by atoms with E-state index in [2.05, 4.69) is 0 Å². The summed E-state index contributed by atoms with van der Waals surface area (Å²) in [6, 6.07) is 0.290. The van der Waals surface area contributed by atoms with Crippen molar-refractivity contribution in [3.8, 4) is 0 Å². The van der Waals surface area contributed by atoms with Crippen LogP contribution in [0.3, 0.4) is 0 Å². The van der Waals surface area contributed by atoms with Crippen LogP contribution in [0, 0.1) is 0 Å². The molecule has 0 rings (SSSR count). The van der Waals surface area contributed by atoms with E-state index in [9.17, 15) is 45.5 Å². The van der Waals surface area contributed by atoms with E-state index in [1.807, 2.05) is 0 Å². The Morgan fingerprint density at radius 2 is 0.838 bits per heavy atom. The van der Waals surface area contributed by atoms with E-state index in [0.717, 1.165) is 13.8 Å². The average molecular weight is 768 g/mol. The molecule has 0 aliphatic carbocycles. The molecule has 0 aromatic rings. The van der Waals surface area contributed by atoms with Crippen molar-refractivity contribution in [1.82, 2.24) is 0 Å². The second kappa shape index (κ2) is 17.0. The molecule has 0 heterocycles. The van der Waals surface area contributed by atoms with Crippen LogP contribution in [0.25, 0.3) is 0 Å². The Hall–Kier alpha value is -0.778. The first-order valence-electron chi connectivity index (χ1n) is 10.8. The standard InChI is InChI=1S/2C10H17F3O4Si.Pt/c2*1-5-6-18(16-3,17-4)8(7(2)14)9(15)10(11,12)13;/h2*8H,5-6H2,1-4H3;/q;;+2. The van der Waals surface area contributed by atoms with E-state index in [4.69, 9.17) is 17.7 Å². The third-order valence-electron chi connectivity index (χ3n) is 5.35. The molecule has 0 radical (unpaired) electrons. The molecule has 0 aromatic carbocycles. The van der Waals surface area contributed by atoms with Crippen molar-refractivity contribution in [2.45, 2.75) is 76.1 Å². The summed E-state index contributed by atoms with van der Waals surface area (Å²) in [4.78, 5) is 45.6. The third kappa shape index (κ3) is 11.1. The maximum Gasteiger partial charge on any atom is 2.00 e. The van der Waals surface area contributed by atoms with Crippen LogP contribution in [-0.2, 0) is 57.9 Å². The summed E-state index contributed by atoms with van der Waals surface area (Å²) in [5.74, 6) is -5.92. The van der Waals surface area contributed by atoms with Gasteiger partial charge in [0.1, 0.15) is 22.6 Å². The van der Waals surface area contributed by atoms with Gasteiger partial charge in [0.15, 0.2) is 0 Å².